The minimum atomic E-state index is -0.958. The number of rotatable bonds is 2. The Labute approximate surface area is 173 Å². The molecule has 2 heterocycles. The summed E-state index contributed by atoms with van der Waals surface area (Å²) in [5, 5.41) is 21.9. The second kappa shape index (κ2) is 5.70. The van der Waals surface area contributed by atoms with Crippen LogP contribution < -0.4 is 14.8 Å². The summed E-state index contributed by atoms with van der Waals surface area (Å²) in [6.07, 6.45) is 1.33. The van der Waals surface area contributed by atoms with Gasteiger partial charge in [0.1, 0.15) is 12.1 Å². The molecular weight excluding hydrogens is 382 g/mol. The number of fused-ring (bicyclic) bond motifs is 6. The molecule has 8 heteroatoms. The van der Waals surface area contributed by atoms with E-state index in [2.05, 4.69) is 22.2 Å². The van der Waals surface area contributed by atoms with Crippen LogP contribution in [0.2, 0.25) is 0 Å². The van der Waals surface area contributed by atoms with Crippen molar-refractivity contribution >= 4 is 11.6 Å². The van der Waals surface area contributed by atoms with E-state index in [0.717, 1.165) is 6.42 Å². The maximum Gasteiger partial charge on any atom is 0.237 e. The van der Waals surface area contributed by atoms with Gasteiger partial charge >= 0.3 is 0 Å². The van der Waals surface area contributed by atoms with E-state index < -0.39 is 16.2 Å². The van der Waals surface area contributed by atoms with E-state index in [1.807, 2.05) is 26.0 Å². The number of aromatic nitrogens is 2. The van der Waals surface area contributed by atoms with E-state index in [9.17, 15) is 15.3 Å². The minimum absolute atomic E-state index is 0.00662. The number of hydrogen-bond donors (Lipinski definition) is 1. The highest BCUT2D eigenvalue weighted by Gasteiger charge is 2.73. The molecule has 150 valence electrons. The first-order chi connectivity index (χ1) is 14.3. The number of carbonyl (C=O) groups excluding carboxylic acids is 1. The molecule has 1 saturated carbocycles. The first-order valence-electron chi connectivity index (χ1n) is 9.73. The Morgan fingerprint density at radius 2 is 1.70 bits per heavy atom. The maximum absolute atomic E-state index is 13.8. The third kappa shape index (κ3) is 1.96. The molecule has 2 bridgehead atoms. The van der Waals surface area contributed by atoms with Crippen LogP contribution in [0.1, 0.15) is 56.4 Å². The fourth-order valence-electron chi connectivity index (χ4n) is 5.35. The second-order valence-electron chi connectivity index (χ2n) is 8.73. The Balaban J connectivity index is 1.64. The SMILES string of the molecule is CC12CCC(C(=O)Nc3ccc4c(c3)OCO4)(c3nc(C#N)c(C#N)nc31)C2(C)C. The van der Waals surface area contributed by atoms with E-state index >= 15 is 0 Å². The molecule has 2 aromatic rings. The summed E-state index contributed by atoms with van der Waals surface area (Å²) in [6.45, 7) is 6.31. The molecule has 0 saturated heterocycles. The van der Waals surface area contributed by atoms with Crippen molar-refractivity contribution in [3.8, 4) is 23.6 Å². The molecule has 0 spiro atoms. The van der Waals surface area contributed by atoms with Crippen molar-refractivity contribution in [3.63, 3.8) is 0 Å². The third-order valence-electron chi connectivity index (χ3n) is 7.50. The maximum atomic E-state index is 13.8. The number of ether oxygens (including phenoxy) is 2. The van der Waals surface area contributed by atoms with Crippen molar-refractivity contribution in [1.82, 2.24) is 9.97 Å². The Hall–Kier alpha value is -3.65. The predicted molar refractivity (Wildman–Crippen MR) is 105 cm³/mol. The van der Waals surface area contributed by atoms with Crippen molar-refractivity contribution < 1.29 is 14.3 Å². The van der Waals surface area contributed by atoms with Crippen LogP contribution >= 0.6 is 0 Å². The molecule has 1 N–H and O–H groups in total. The Kier molecular flexibility index (Phi) is 3.49. The lowest BCUT2D eigenvalue weighted by molar-refractivity contribution is -0.125. The van der Waals surface area contributed by atoms with E-state index in [0.29, 0.717) is 35.0 Å². The highest BCUT2D eigenvalue weighted by atomic mass is 16.7. The highest BCUT2D eigenvalue weighted by Crippen LogP contribution is 2.70. The third-order valence-corrected chi connectivity index (χ3v) is 7.50. The molecule has 1 aliphatic heterocycles. The molecule has 2 aliphatic carbocycles. The summed E-state index contributed by atoms with van der Waals surface area (Å²) in [4.78, 5) is 22.8. The first-order valence-corrected chi connectivity index (χ1v) is 9.73. The van der Waals surface area contributed by atoms with Gasteiger partial charge in [-0.1, -0.05) is 20.8 Å². The van der Waals surface area contributed by atoms with E-state index in [1.165, 1.54) is 0 Å². The first kappa shape index (κ1) is 18.4. The Bertz CT molecular complexity index is 1210. The van der Waals surface area contributed by atoms with Crippen LogP contribution in [0.15, 0.2) is 18.2 Å². The number of benzene rings is 1. The molecule has 1 amide bonds. The largest absolute Gasteiger partial charge is 0.454 e. The zero-order valence-corrected chi connectivity index (χ0v) is 16.9. The van der Waals surface area contributed by atoms with Crippen molar-refractivity contribution in [2.45, 2.75) is 44.4 Å². The average Bonchev–Trinajstić information content (AvgIpc) is 3.32. The van der Waals surface area contributed by atoms with Gasteiger partial charge in [0.15, 0.2) is 22.9 Å². The van der Waals surface area contributed by atoms with Gasteiger partial charge in [-0.15, -0.1) is 0 Å². The van der Waals surface area contributed by atoms with Crippen LogP contribution in [-0.4, -0.2) is 22.7 Å². The fraction of sp³-hybridized carbons (Fsp3) is 0.409. The molecule has 30 heavy (non-hydrogen) atoms. The number of nitrogens with zero attached hydrogens (tertiary/aromatic N) is 4. The summed E-state index contributed by atoms with van der Waals surface area (Å²) in [7, 11) is 0. The van der Waals surface area contributed by atoms with Gasteiger partial charge in [-0.3, -0.25) is 4.79 Å². The van der Waals surface area contributed by atoms with E-state index in [4.69, 9.17) is 9.47 Å². The molecule has 0 radical (unpaired) electrons. The quantitative estimate of drug-likeness (QED) is 0.821. The molecule has 1 fully saturated rings. The van der Waals surface area contributed by atoms with Gasteiger partial charge in [0.25, 0.3) is 0 Å². The molecule has 5 rings (SSSR count). The molecule has 2 unspecified atom stereocenters. The van der Waals surface area contributed by atoms with Crippen molar-refractivity contribution in [1.29, 1.82) is 10.5 Å². The molecule has 1 aromatic carbocycles. The molecule has 8 nitrogen and oxygen atoms in total. The van der Waals surface area contributed by atoms with Crippen molar-refractivity contribution in [2.24, 2.45) is 5.41 Å². The monoisotopic (exact) mass is 401 g/mol. The number of hydrogen-bond acceptors (Lipinski definition) is 7. The summed E-state index contributed by atoms with van der Waals surface area (Å²) >= 11 is 0. The fourth-order valence-corrected chi connectivity index (χ4v) is 5.35. The van der Waals surface area contributed by atoms with Gasteiger partial charge in [-0.2, -0.15) is 10.5 Å². The van der Waals surface area contributed by atoms with Crippen LogP contribution in [0.25, 0.3) is 0 Å². The summed E-state index contributed by atoms with van der Waals surface area (Å²) < 4.78 is 10.7. The predicted octanol–water partition coefficient (Wildman–Crippen LogP) is 2.92. The topological polar surface area (TPSA) is 121 Å². The highest BCUT2D eigenvalue weighted by molar-refractivity contribution is 6.01. The average molecular weight is 401 g/mol. The number of nitrogens with one attached hydrogen (secondary N) is 1. The lowest BCUT2D eigenvalue weighted by atomic mass is 9.63. The lowest BCUT2D eigenvalue weighted by Gasteiger charge is -2.39. The number of carbonyl (C=O) groups is 1. The summed E-state index contributed by atoms with van der Waals surface area (Å²) in [6, 6.07) is 9.18. The van der Waals surface area contributed by atoms with Crippen LogP contribution in [0.4, 0.5) is 5.69 Å². The van der Waals surface area contributed by atoms with Crippen LogP contribution in [0.3, 0.4) is 0 Å². The molecule has 1 aromatic heterocycles. The number of nitriles is 2. The summed E-state index contributed by atoms with van der Waals surface area (Å²) in [5.74, 6) is 1.02. The van der Waals surface area contributed by atoms with E-state index in [-0.39, 0.29) is 24.1 Å². The summed E-state index contributed by atoms with van der Waals surface area (Å²) in [5.41, 5.74) is -0.181. The standard InChI is InChI=1S/C22H19N5O3/c1-20(2)21(3)6-7-22(20,18-17(21)26-13(9-23)14(10-24)27-18)19(28)25-12-4-5-15-16(8-12)30-11-29-15/h4-5,8H,6-7,11H2,1-3H3,(H,25,28). The van der Waals surface area contributed by atoms with Crippen molar-refractivity contribution in [3.05, 3.63) is 41.0 Å². The van der Waals surface area contributed by atoms with Gasteiger partial charge in [-0.25, -0.2) is 9.97 Å². The van der Waals surface area contributed by atoms with Gasteiger partial charge in [0, 0.05) is 17.2 Å². The van der Waals surface area contributed by atoms with Gasteiger partial charge in [0.05, 0.1) is 16.8 Å². The molecule has 2 atom stereocenters. The van der Waals surface area contributed by atoms with Gasteiger partial charge < -0.3 is 14.8 Å². The van der Waals surface area contributed by atoms with Gasteiger partial charge in [-0.05, 0) is 30.4 Å². The van der Waals surface area contributed by atoms with Crippen molar-refractivity contribution in [2.75, 3.05) is 12.1 Å². The lowest BCUT2D eigenvalue weighted by Crippen LogP contribution is -2.48. The Morgan fingerprint density at radius 3 is 2.40 bits per heavy atom. The molecular formula is C22H19N5O3. The second-order valence-corrected chi connectivity index (χ2v) is 8.73. The Morgan fingerprint density at radius 1 is 1.03 bits per heavy atom. The number of amides is 1. The van der Waals surface area contributed by atoms with Crippen LogP contribution in [0.5, 0.6) is 11.5 Å². The minimum Gasteiger partial charge on any atom is -0.454 e. The molecule has 3 aliphatic rings. The zero-order chi connectivity index (χ0) is 21.3. The van der Waals surface area contributed by atoms with Gasteiger partial charge in [0.2, 0.25) is 12.7 Å². The zero-order valence-electron chi connectivity index (χ0n) is 16.9. The number of anilines is 1. The van der Waals surface area contributed by atoms with E-state index in [1.54, 1.807) is 18.2 Å². The normalized spacial score (nSPS) is 26.6. The van der Waals surface area contributed by atoms with Crippen LogP contribution in [-0.2, 0) is 15.6 Å². The van der Waals surface area contributed by atoms with Crippen LogP contribution in [0, 0.1) is 28.1 Å². The smallest absolute Gasteiger partial charge is 0.237 e.